The van der Waals surface area contributed by atoms with Crippen LogP contribution < -0.4 is 10.9 Å². The zero-order valence-corrected chi connectivity index (χ0v) is 20.0. The fourth-order valence-electron chi connectivity index (χ4n) is 3.82. The van der Waals surface area contributed by atoms with Crippen LogP contribution in [-0.2, 0) is 22.6 Å². The highest BCUT2D eigenvalue weighted by Gasteiger charge is 2.22. The van der Waals surface area contributed by atoms with E-state index in [1.165, 1.54) is 23.1 Å². The summed E-state index contributed by atoms with van der Waals surface area (Å²) in [6.45, 7) is 1.47. The number of nitrogens with one attached hydrogen (secondary N) is 1. The van der Waals surface area contributed by atoms with Crippen molar-refractivity contribution in [3.05, 3.63) is 63.5 Å². The molecule has 33 heavy (non-hydrogen) atoms. The molecule has 0 bridgehead atoms. The zero-order chi connectivity index (χ0) is 22.8. The summed E-state index contributed by atoms with van der Waals surface area (Å²) in [5.74, 6) is -0.0244. The molecule has 1 N–H and O–H groups in total. The van der Waals surface area contributed by atoms with Gasteiger partial charge in [-0.3, -0.25) is 14.2 Å². The molecule has 0 aliphatic carbocycles. The Hall–Kier alpha value is -2.46. The number of rotatable bonds is 7. The van der Waals surface area contributed by atoms with Gasteiger partial charge in [-0.05, 0) is 36.6 Å². The Balaban J connectivity index is 1.41. The molecule has 0 radical (unpaired) electrons. The minimum atomic E-state index is -0.158. The number of hydrogen-bond acceptors (Lipinski definition) is 7. The molecule has 1 unspecified atom stereocenters. The maximum absolute atomic E-state index is 13.4. The van der Waals surface area contributed by atoms with Gasteiger partial charge < -0.3 is 10.1 Å². The SMILES string of the molecule is O=C(CSc1nc2c(sc3ncccc32)c(=O)n1CC1CCCO1)NCc1ccccc1Cl. The average molecular weight is 501 g/mol. The lowest BCUT2D eigenvalue weighted by Crippen LogP contribution is -2.29. The van der Waals surface area contributed by atoms with Crippen LogP contribution in [0.3, 0.4) is 0 Å². The van der Waals surface area contributed by atoms with Crippen LogP contribution in [0.25, 0.3) is 20.4 Å². The molecule has 0 spiro atoms. The monoisotopic (exact) mass is 500 g/mol. The lowest BCUT2D eigenvalue weighted by Gasteiger charge is -2.15. The maximum Gasteiger partial charge on any atom is 0.272 e. The second-order valence-electron chi connectivity index (χ2n) is 7.74. The van der Waals surface area contributed by atoms with Crippen LogP contribution >= 0.6 is 34.7 Å². The van der Waals surface area contributed by atoms with Crippen molar-refractivity contribution in [1.82, 2.24) is 19.9 Å². The molecule has 1 aliphatic rings. The van der Waals surface area contributed by atoms with Gasteiger partial charge in [-0.15, -0.1) is 11.3 Å². The summed E-state index contributed by atoms with van der Waals surface area (Å²) >= 11 is 8.78. The van der Waals surface area contributed by atoms with Crippen molar-refractivity contribution in [2.24, 2.45) is 0 Å². The van der Waals surface area contributed by atoms with Gasteiger partial charge in [0.25, 0.3) is 5.56 Å². The normalized spacial score (nSPS) is 16.0. The fraction of sp³-hybridized carbons (Fsp3) is 0.304. The minimum absolute atomic E-state index is 0.0251. The number of aromatic nitrogens is 3. The molecule has 1 aromatic carbocycles. The highest BCUT2D eigenvalue weighted by molar-refractivity contribution is 7.99. The molecule has 10 heteroatoms. The zero-order valence-electron chi connectivity index (χ0n) is 17.6. The van der Waals surface area contributed by atoms with Crippen LogP contribution in [-0.4, -0.2) is 38.9 Å². The van der Waals surface area contributed by atoms with Crippen LogP contribution in [0.1, 0.15) is 18.4 Å². The van der Waals surface area contributed by atoms with Gasteiger partial charge in [-0.2, -0.15) is 0 Å². The van der Waals surface area contributed by atoms with Crippen LogP contribution in [0.2, 0.25) is 5.02 Å². The van der Waals surface area contributed by atoms with Gasteiger partial charge in [0.15, 0.2) is 5.16 Å². The van der Waals surface area contributed by atoms with E-state index in [9.17, 15) is 9.59 Å². The highest BCUT2D eigenvalue weighted by Crippen LogP contribution is 2.31. The van der Waals surface area contributed by atoms with Crippen LogP contribution in [0, 0.1) is 0 Å². The third-order valence-corrected chi connectivity index (χ3v) is 7.93. The Labute approximate surface area is 203 Å². The van der Waals surface area contributed by atoms with Crippen molar-refractivity contribution < 1.29 is 9.53 Å². The van der Waals surface area contributed by atoms with Gasteiger partial charge in [-0.1, -0.05) is 41.6 Å². The Bertz CT molecular complexity index is 1380. The smallest absolute Gasteiger partial charge is 0.272 e. The van der Waals surface area contributed by atoms with E-state index < -0.39 is 0 Å². The highest BCUT2D eigenvalue weighted by atomic mass is 35.5. The van der Waals surface area contributed by atoms with Crippen LogP contribution in [0.4, 0.5) is 0 Å². The first-order valence-electron chi connectivity index (χ1n) is 10.6. The van der Waals surface area contributed by atoms with E-state index in [-0.39, 0.29) is 23.3 Å². The number of fused-ring (bicyclic) bond motifs is 3. The predicted molar refractivity (Wildman–Crippen MR) is 132 cm³/mol. The topological polar surface area (TPSA) is 86.1 Å². The number of carbonyl (C=O) groups excluding carboxylic acids is 1. The third kappa shape index (κ3) is 4.77. The Morgan fingerprint density at radius 1 is 1.30 bits per heavy atom. The van der Waals surface area contributed by atoms with E-state index in [1.54, 1.807) is 16.8 Å². The molecule has 1 aliphatic heterocycles. The number of thiophene rings is 1. The number of thioether (sulfide) groups is 1. The van der Waals surface area contributed by atoms with Crippen LogP contribution in [0.15, 0.2) is 52.5 Å². The summed E-state index contributed by atoms with van der Waals surface area (Å²) in [4.78, 5) is 35.9. The van der Waals surface area contributed by atoms with Gasteiger partial charge >= 0.3 is 0 Å². The number of halogens is 1. The number of ether oxygens (including phenoxy) is 1. The Kier molecular flexibility index (Phi) is 6.64. The quantitative estimate of drug-likeness (QED) is 0.301. The van der Waals surface area contributed by atoms with Crippen molar-refractivity contribution >= 4 is 61.0 Å². The summed E-state index contributed by atoms with van der Waals surface area (Å²) in [6.07, 6.45) is 3.57. The molecule has 3 aromatic heterocycles. The van der Waals surface area contributed by atoms with E-state index in [1.807, 2.05) is 30.3 Å². The number of benzene rings is 1. The molecule has 1 amide bonds. The van der Waals surface area contributed by atoms with Crippen molar-refractivity contribution in [3.8, 4) is 0 Å². The third-order valence-electron chi connectivity index (χ3n) is 5.49. The van der Waals surface area contributed by atoms with E-state index in [0.29, 0.717) is 40.1 Å². The maximum atomic E-state index is 13.4. The standard InChI is InChI=1S/C23H21ClN4O3S2/c24-17-8-2-1-5-14(17)11-26-18(29)13-32-23-27-19-16-7-3-9-25-21(16)33-20(19)22(30)28(23)12-15-6-4-10-31-15/h1-3,5,7-9,15H,4,6,10-13H2,(H,26,29). The second-order valence-corrected chi connectivity index (χ2v) is 10.1. The van der Waals surface area contributed by atoms with Gasteiger partial charge in [0.1, 0.15) is 9.53 Å². The number of pyridine rings is 1. The largest absolute Gasteiger partial charge is 0.376 e. The molecule has 0 saturated carbocycles. The molecule has 170 valence electrons. The molecule has 4 aromatic rings. The minimum Gasteiger partial charge on any atom is -0.376 e. The van der Waals surface area contributed by atoms with Gasteiger partial charge in [-0.25, -0.2) is 9.97 Å². The Morgan fingerprint density at radius 3 is 3.00 bits per heavy atom. The van der Waals surface area contributed by atoms with Crippen LogP contribution in [0.5, 0.6) is 0 Å². The molecular weight excluding hydrogens is 480 g/mol. The predicted octanol–water partition coefficient (Wildman–Crippen LogP) is 4.25. The van der Waals surface area contributed by atoms with Gasteiger partial charge in [0.2, 0.25) is 5.91 Å². The summed E-state index contributed by atoms with van der Waals surface area (Å²) in [5, 5.41) is 4.86. The molecule has 5 rings (SSSR count). The molecule has 7 nitrogen and oxygen atoms in total. The van der Waals surface area contributed by atoms with E-state index in [2.05, 4.69) is 10.3 Å². The summed E-state index contributed by atoms with van der Waals surface area (Å²) < 4.78 is 8.00. The molecule has 4 heterocycles. The van der Waals surface area contributed by atoms with Gasteiger partial charge in [0, 0.05) is 29.8 Å². The number of amides is 1. The first-order chi connectivity index (χ1) is 16.1. The average Bonchev–Trinajstić information content (AvgIpc) is 3.47. The molecule has 1 fully saturated rings. The molecular formula is C23H21ClN4O3S2. The van der Waals surface area contributed by atoms with E-state index in [4.69, 9.17) is 21.3 Å². The number of nitrogens with zero attached hydrogens (tertiary/aromatic N) is 3. The van der Waals surface area contributed by atoms with Crippen molar-refractivity contribution in [3.63, 3.8) is 0 Å². The van der Waals surface area contributed by atoms with Crippen molar-refractivity contribution in [2.75, 3.05) is 12.4 Å². The van der Waals surface area contributed by atoms with Crippen molar-refractivity contribution in [2.45, 2.75) is 37.2 Å². The Morgan fingerprint density at radius 2 is 2.18 bits per heavy atom. The van der Waals surface area contributed by atoms with Crippen molar-refractivity contribution in [1.29, 1.82) is 0 Å². The van der Waals surface area contributed by atoms with E-state index >= 15 is 0 Å². The molecule has 1 atom stereocenters. The molecule has 1 saturated heterocycles. The first kappa shape index (κ1) is 22.3. The lowest BCUT2D eigenvalue weighted by molar-refractivity contribution is -0.118. The summed E-state index contributed by atoms with van der Waals surface area (Å²) in [6, 6.07) is 11.2. The fourth-order valence-corrected chi connectivity index (χ4v) is 5.89. The first-order valence-corrected chi connectivity index (χ1v) is 12.8. The van der Waals surface area contributed by atoms with Gasteiger partial charge in [0.05, 0.1) is 23.9 Å². The summed E-state index contributed by atoms with van der Waals surface area (Å²) in [5.41, 5.74) is 1.37. The number of hydrogen-bond donors (Lipinski definition) is 1. The second kappa shape index (κ2) is 9.80. The lowest BCUT2D eigenvalue weighted by atomic mass is 10.2. The number of carbonyl (C=O) groups is 1. The summed E-state index contributed by atoms with van der Waals surface area (Å²) in [7, 11) is 0. The van der Waals surface area contributed by atoms with E-state index in [0.717, 1.165) is 28.6 Å².